The Kier molecular flexibility index (Phi) is 5.56. The van der Waals surface area contributed by atoms with Gasteiger partial charge in [-0.1, -0.05) is 13.8 Å². The van der Waals surface area contributed by atoms with Crippen LogP contribution in [0.5, 0.6) is 0 Å². The first-order valence-corrected chi connectivity index (χ1v) is 5.86. The summed E-state index contributed by atoms with van der Waals surface area (Å²) in [5.74, 6) is 0.223. The minimum absolute atomic E-state index is 0. The number of nitrogens with one attached hydrogen (secondary N) is 1. The average Bonchev–Trinajstić information content (AvgIpc) is 2.31. The Balaban J connectivity index is 0.00000169. The van der Waals surface area contributed by atoms with Gasteiger partial charge in [-0.15, -0.1) is 11.3 Å². The largest absolute Gasteiger partial charge is 1.00 e. The van der Waals surface area contributed by atoms with E-state index < -0.39 is 10.3 Å². The summed E-state index contributed by atoms with van der Waals surface area (Å²) in [6.45, 7) is 3.87. The van der Waals surface area contributed by atoms with Gasteiger partial charge in [0.05, 0.1) is 5.69 Å². The Morgan fingerprint density at radius 2 is 2.14 bits per heavy atom. The molecule has 1 aromatic rings. The summed E-state index contributed by atoms with van der Waals surface area (Å²) in [6, 6.07) is 0. The van der Waals surface area contributed by atoms with Crippen LogP contribution < -0.4 is 34.3 Å². The molecule has 5 nitrogen and oxygen atoms in total. The van der Waals surface area contributed by atoms with E-state index >= 15 is 0 Å². The van der Waals surface area contributed by atoms with Crippen LogP contribution in [-0.2, 0) is 10.3 Å². The molecule has 0 saturated carbocycles. The van der Waals surface area contributed by atoms with Crippen molar-refractivity contribution >= 4 is 26.8 Å². The third-order valence-electron chi connectivity index (χ3n) is 1.33. The fraction of sp³-hybridized carbons (Fsp3) is 0.500. The van der Waals surface area contributed by atoms with Crippen molar-refractivity contribution in [3.63, 3.8) is 0 Å². The van der Waals surface area contributed by atoms with E-state index in [1.54, 1.807) is 10.1 Å². The molecule has 1 heterocycles. The fourth-order valence-corrected chi connectivity index (χ4v) is 2.18. The smallest absolute Gasteiger partial charge is 0.731 e. The van der Waals surface area contributed by atoms with Crippen LogP contribution in [0, 0.1) is 0 Å². The molecule has 1 N–H and O–H groups in total. The van der Waals surface area contributed by atoms with Gasteiger partial charge < -0.3 is 4.55 Å². The number of nitrogens with zero attached hydrogens (tertiary/aromatic N) is 1. The zero-order valence-corrected chi connectivity index (χ0v) is 11.8. The number of thiazole rings is 1. The number of anilines is 1. The minimum atomic E-state index is -4.44. The number of aromatic nitrogens is 1. The van der Waals surface area contributed by atoms with E-state index in [9.17, 15) is 13.0 Å². The van der Waals surface area contributed by atoms with Gasteiger partial charge in [0.2, 0.25) is 0 Å². The van der Waals surface area contributed by atoms with Crippen molar-refractivity contribution in [2.24, 2.45) is 0 Å². The van der Waals surface area contributed by atoms with Crippen molar-refractivity contribution in [1.29, 1.82) is 0 Å². The molecule has 0 aliphatic heterocycles. The van der Waals surface area contributed by atoms with Crippen LogP contribution in [0.1, 0.15) is 25.5 Å². The summed E-state index contributed by atoms with van der Waals surface area (Å²) in [5.41, 5.74) is 0.774. The molecular weight excluding hydrogens is 235 g/mol. The van der Waals surface area contributed by atoms with Crippen molar-refractivity contribution in [1.82, 2.24) is 4.98 Å². The first-order valence-electron chi connectivity index (χ1n) is 3.57. The van der Waals surface area contributed by atoms with Crippen LogP contribution in [0.25, 0.3) is 0 Å². The van der Waals surface area contributed by atoms with Gasteiger partial charge in [0.15, 0.2) is 15.4 Å². The second kappa shape index (κ2) is 5.43. The predicted octanol–water partition coefficient (Wildman–Crippen LogP) is -1.86. The fourth-order valence-electron chi connectivity index (χ4n) is 0.705. The number of rotatable bonds is 3. The molecule has 0 bridgehead atoms. The molecule has 0 unspecified atom stereocenters. The summed E-state index contributed by atoms with van der Waals surface area (Å²) in [7, 11) is -4.44. The quantitative estimate of drug-likeness (QED) is 0.499. The Labute approximate surface area is 109 Å². The maximum atomic E-state index is 10.3. The SMILES string of the molecule is CC(C)c1csc(NS(=O)(=O)[O-])n1.[Na+]. The average molecular weight is 244 g/mol. The Morgan fingerprint density at radius 3 is 2.50 bits per heavy atom. The number of hydrogen-bond donors (Lipinski definition) is 1. The van der Waals surface area contributed by atoms with Gasteiger partial charge in [-0.25, -0.2) is 13.4 Å². The molecular formula is C6H9N2NaO3S2. The second-order valence-corrected chi connectivity index (χ2v) is 4.76. The van der Waals surface area contributed by atoms with Crippen LogP contribution in [0.15, 0.2) is 5.38 Å². The van der Waals surface area contributed by atoms with Crippen molar-refractivity contribution < 1.29 is 42.5 Å². The topological polar surface area (TPSA) is 82.1 Å². The van der Waals surface area contributed by atoms with Gasteiger partial charge >= 0.3 is 29.6 Å². The van der Waals surface area contributed by atoms with Gasteiger partial charge in [0.25, 0.3) is 0 Å². The molecule has 0 aromatic carbocycles. The molecule has 1 rings (SSSR count). The normalized spacial score (nSPS) is 11.1. The standard InChI is InChI=1S/C6H10N2O3S2.Na/c1-4(2)5-3-12-6(7-5)8-13(9,10)11;/h3-4H,1-2H3,(H,7,8)(H,9,10,11);/q;+1/p-1. The molecule has 74 valence electrons. The van der Waals surface area contributed by atoms with Gasteiger partial charge in [0.1, 0.15) is 0 Å². The molecule has 0 amide bonds. The molecule has 0 atom stereocenters. The minimum Gasteiger partial charge on any atom is -0.731 e. The van der Waals surface area contributed by atoms with Gasteiger partial charge in [0, 0.05) is 5.38 Å². The third-order valence-corrected chi connectivity index (χ3v) is 2.67. The summed E-state index contributed by atoms with van der Waals surface area (Å²) < 4.78 is 32.6. The molecule has 1 aromatic heterocycles. The van der Waals surface area contributed by atoms with Gasteiger partial charge in [-0.05, 0) is 5.92 Å². The number of hydrogen-bond acceptors (Lipinski definition) is 5. The zero-order chi connectivity index (χ0) is 10.1. The molecule has 0 spiro atoms. The summed E-state index contributed by atoms with van der Waals surface area (Å²) in [6.07, 6.45) is 0. The molecule has 0 fully saturated rings. The van der Waals surface area contributed by atoms with Crippen LogP contribution in [0.3, 0.4) is 0 Å². The van der Waals surface area contributed by atoms with Crippen LogP contribution in [-0.4, -0.2) is 18.0 Å². The van der Waals surface area contributed by atoms with Gasteiger partial charge in [-0.3, -0.25) is 4.72 Å². The molecule has 8 heteroatoms. The van der Waals surface area contributed by atoms with E-state index in [4.69, 9.17) is 0 Å². The van der Waals surface area contributed by atoms with E-state index in [1.807, 2.05) is 13.8 Å². The van der Waals surface area contributed by atoms with Crippen molar-refractivity contribution in [2.75, 3.05) is 4.72 Å². The monoisotopic (exact) mass is 244 g/mol. The van der Waals surface area contributed by atoms with Crippen LogP contribution in [0.4, 0.5) is 5.13 Å². The van der Waals surface area contributed by atoms with Crippen molar-refractivity contribution in [3.8, 4) is 0 Å². The Hall–Kier alpha value is 0.340. The third kappa shape index (κ3) is 4.72. The first-order chi connectivity index (χ1) is 5.88. The van der Waals surface area contributed by atoms with E-state index in [1.165, 1.54) is 0 Å². The molecule has 0 radical (unpaired) electrons. The van der Waals surface area contributed by atoms with Crippen molar-refractivity contribution in [3.05, 3.63) is 11.1 Å². The van der Waals surface area contributed by atoms with E-state index in [0.717, 1.165) is 17.0 Å². The Morgan fingerprint density at radius 1 is 1.57 bits per heavy atom. The molecule has 0 aliphatic carbocycles. The molecule has 0 aliphatic rings. The molecule has 14 heavy (non-hydrogen) atoms. The summed E-state index contributed by atoms with van der Waals surface area (Å²) in [4.78, 5) is 3.92. The summed E-state index contributed by atoms with van der Waals surface area (Å²) in [5, 5.41) is 1.84. The van der Waals surface area contributed by atoms with E-state index in [2.05, 4.69) is 4.98 Å². The van der Waals surface area contributed by atoms with Gasteiger partial charge in [-0.2, -0.15) is 0 Å². The first kappa shape index (κ1) is 14.3. The second-order valence-electron chi connectivity index (χ2n) is 2.79. The van der Waals surface area contributed by atoms with E-state index in [-0.39, 0.29) is 40.6 Å². The van der Waals surface area contributed by atoms with Crippen LogP contribution >= 0.6 is 11.3 Å². The predicted molar refractivity (Wildman–Crippen MR) is 49.5 cm³/mol. The van der Waals surface area contributed by atoms with Crippen LogP contribution in [0.2, 0.25) is 0 Å². The van der Waals surface area contributed by atoms with Crippen molar-refractivity contribution in [2.45, 2.75) is 19.8 Å². The maximum absolute atomic E-state index is 10.3. The summed E-state index contributed by atoms with van der Waals surface area (Å²) >= 11 is 1.10. The zero-order valence-electron chi connectivity index (χ0n) is 8.14. The van der Waals surface area contributed by atoms with E-state index in [0.29, 0.717) is 0 Å². The molecule has 0 saturated heterocycles. The maximum Gasteiger partial charge on any atom is 1.00 e. The Bertz CT molecular complexity index is 388.